The fraction of sp³-hybridized carbons (Fsp3) is 0.167. The van der Waals surface area contributed by atoms with Crippen molar-refractivity contribution in [2.24, 2.45) is 0 Å². The Morgan fingerprint density at radius 1 is 1.29 bits per heavy atom. The number of hydrogen-bond acceptors (Lipinski definition) is 4. The van der Waals surface area contributed by atoms with Gasteiger partial charge in [-0.15, -0.1) is 0 Å². The standard InChI is InChI=1S/C12H11IO4/c1-2-16-12(15)11(17-13)8-10(14)9-6-4-3-5-7-9/h3-8H,2H2,1H3/b11-8-. The van der Waals surface area contributed by atoms with Crippen molar-refractivity contribution in [3.05, 3.63) is 47.7 Å². The summed E-state index contributed by atoms with van der Waals surface area (Å²) in [5.74, 6) is -1.06. The Bertz CT molecular complexity index is 425. The van der Waals surface area contributed by atoms with Gasteiger partial charge >= 0.3 is 5.97 Å². The van der Waals surface area contributed by atoms with Gasteiger partial charge in [0.2, 0.25) is 5.76 Å². The van der Waals surface area contributed by atoms with E-state index in [1.165, 1.54) is 23.0 Å². The Morgan fingerprint density at radius 3 is 2.47 bits per heavy atom. The van der Waals surface area contributed by atoms with E-state index in [1.54, 1.807) is 31.2 Å². The highest BCUT2D eigenvalue weighted by molar-refractivity contribution is 14.1. The summed E-state index contributed by atoms with van der Waals surface area (Å²) in [5.41, 5.74) is 0.489. The quantitative estimate of drug-likeness (QED) is 0.270. The first-order chi connectivity index (χ1) is 8.19. The highest BCUT2D eigenvalue weighted by Crippen LogP contribution is 2.09. The predicted molar refractivity (Wildman–Crippen MR) is 70.6 cm³/mol. The number of ether oxygens (including phenoxy) is 1. The molecule has 0 heterocycles. The number of halogens is 1. The van der Waals surface area contributed by atoms with E-state index in [2.05, 4.69) is 0 Å². The van der Waals surface area contributed by atoms with Crippen molar-refractivity contribution in [2.75, 3.05) is 6.61 Å². The first kappa shape index (κ1) is 13.7. The van der Waals surface area contributed by atoms with E-state index in [-0.39, 0.29) is 18.1 Å². The number of rotatable bonds is 5. The Hall–Kier alpha value is -1.37. The van der Waals surface area contributed by atoms with Crippen LogP contribution in [0.5, 0.6) is 0 Å². The molecule has 0 aliphatic heterocycles. The second-order valence-electron chi connectivity index (χ2n) is 3.04. The van der Waals surface area contributed by atoms with E-state index < -0.39 is 5.97 Å². The molecular weight excluding hydrogens is 335 g/mol. The predicted octanol–water partition coefficient (Wildman–Crippen LogP) is 2.68. The normalized spacial score (nSPS) is 10.8. The van der Waals surface area contributed by atoms with Gasteiger partial charge in [0.05, 0.1) is 6.61 Å². The zero-order valence-corrected chi connectivity index (χ0v) is 11.3. The Kier molecular flexibility index (Phi) is 5.68. The maximum atomic E-state index is 11.8. The van der Waals surface area contributed by atoms with Crippen LogP contribution in [-0.2, 0) is 12.6 Å². The van der Waals surface area contributed by atoms with Crippen molar-refractivity contribution in [1.29, 1.82) is 0 Å². The Balaban J connectivity index is 2.86. The van der Waals surface area contributed by atoms with E-state index in [0.717, 1.165) is 6.08 Å². The van der Waals surface area contributed by atoms with Gasteiger partial charge in [-0.1, -0.05) is 30.3 Å². The van der Waals surface area contributed by atoms with Crippen LogP contribution in [0.3, 0.4) is 0 Å². The maximum Gasteiger partial charge on any atom is 0.374 e. The Morgan fingerprint density at radius 2 is 1.94 bits per heavy atom. The molecule has 0 atom stereocenters. The molecule has 1 rings (SSSR count). The van der Waals surface area contributed by atoms with Crippen LogP contribution in [0.2, 0.25) is 0 Å². The largest absolute Gasteiger partial charge is 0.460 e. The van der Waals surface area contributed by atoms with E-state index in [1.807, 2.05) is 6.07 Å². The van der Waals surface area contributed by atoms with E-state index in [0.29, 0.717) is 5.56 Å². The highest BCUT2D eigenvalue weighted by atomic mass is 127. The number of benzene rings is 1. The van der Waals surface area contributed by atoms with Crippen molar-refractivity contribution in [3.8, 4) is 0 Å². The summed E-state index contributed by atoms with van der Waals surface area (Å²) in [6.45, 7) is 1.91. The molecule has 0 bridgehead atoms. The lowest BCUT2D eigenvalue weighted by atomic mass is 10.1. The number of ketones is 1. The molecule has 90 valence electrons. The molecule has 1 aromatic rings. The van der Waals surface area contributed by atoms with Gasteiger partial charge in [0.15, 0.2) is 28.8 Å². The SMILES string of the molecule is CCOC(=O)/C(=C/C(=O)c1ccccc1)OI. The molecule has 5 heteroatoms. The number of allylic oxidation sites excluding steroid dienone is 1. The fourth-order valence-corrected chi connectivity index (χ4v) is 1.43. The van der Waals surface area contributed by atoms with Crippen LogP contribution in [0.4, 0.5) is 0 Å². The summed E-state index contributed by atoms with van der Waals surface area (Å²) >= 11 is 1.54. The molecule has 0 aliphatic carbocycles. The number of hydrogen-bond donors (Lipinski definition) is 0. The minimum absolute atomic E-state index is 0.110. The minimum Gasteiger partial charge on any atom is -0.460 e. The van der Waals surface area contributed by atoms with Crippen LogP contribution in [-0.4, -0.2) is 18.4 Å². The van der Waals surface area contributed by atoms with Crippen molar-refractivity contribution < 1.29 is 17.4 Å². The third kappa shape index (κ3) is 4.18. The van der Waals surface area contributed by atoms with Gasteiger partial charge in [-0.05, 0) is 6.92 Å². The van der Waals surface area contributed by atoms with Crippen molar-refractivity contribution in [3.63, 3.8) is 0 Å². The fourth-order valence-electron chi connectivity index (χ4n) is 1.12. The van der Waals surface area contributed by atoms with Gasteiger partial charge in [-0.25, -0.2) is 4.79 Å². The lowest BCUT2D eigenvalue weighted by molar-refractivity contribution is -0.140. The van der Waals surface area contributed by atoms with E-state index in [9.17, 15) is 9.59 Å². The van der Waals surface area contributed by atoms with Crippen LogP contribution >= 0.6 is 23.0 Å². The molecule has 17 heavy (non-hydrogen) atoms. The number of carbonyl (C=O) groups is 2. The highest BCUT2D eigenvalue weighted by Gasteiger charge is 2.14. The smallest absolute Gasteiger partial charge is 0.374 e. The molecule has 0 fully saturated rings. The molecule has 0 radical (unpaired) electrons. The molecule has 4 nitrogen and oxygen atoms in total. The van der Waals surface area contributed by atoms with Crippen molar-refractivity contribution in [1.82, 2.24) is 0 Å². The van der Waals surface area contributed by atoms with Gasteiger partial charge < -0.3 is 7.80 Å². The van der Waals surface area contributed by atoms with Gasteiger partial charge in [-0.3, -0.25) is 4.79 Å². The van der Waals surface area contributed by atoms with Crippen LogP contribution in [0.25, 0.3) is 0 Å². The minimum atomic E-state index is -0.647. The van der Waals surface area contributed by atoms with Gasteiger partial charge in [-0.2, -0.15) is 0 Å². The summed E-state index contributed by atoms with van der Waals surface area (Å²) in [5, 5.41) is 0. The van der Waals surface area contributed by atoms with Crippen LogP contribution in [0.1, 0.15) is 17.3 Å². The van der Waals surface area contributed by atoms with Gasteiger partial charge in [0.25, 0.3) is 0 Å². The van der Waals surface area contributed by atoms with Gasteiger partial charge in [0.1, 0.15) is 0 Å². The van der Waals surface area contributed by atoms with E-state index in [4.69, 9.17) is 7.80 Å². The van der Waals surface area contributed by atoms with Crippen molar-refractivity contribution >= 4 is 34.8 Å². The summed E-state index contributed by atoms with van der Waals surface area (Å²) in [6, 6.07) is 8.62. The topological polar surface area (TPSA) is 52.6 Å². The average molecular weight is 346 g/mol. The number of carbonyl (C=O) groups excluding carboxylic acids is 2. The van der Waals surface area contributed by atoms with Gasteiger partial charge in [0, 0.05) is 11.6 Å². The molecule has 0 N–H and O–H groups in total. The molecule has 1 aromatic carbocycles. The zero-order valence-electron chi connectivity index (χ0n) is 9.18. The molecular formula is C12H11IO4. The summed E-state index contributed by atoms with van der Waals surface area (Å²) in [6.07, 6.45) is 1.12. The second kappa shape index (κ2) is 7.05. The van der Waals surface area contributed by atoms with E-state index >= 15 is 0 Å². The van der Waals surface area contributed by atoms with Crippen LogP contribution in [0, 0.1) is 0 Å². The molecule has 0 unspecified atom stereocenters. The van der Waals surface area contributed by atoms with Crippen LogP contribution < -0.4 is 0 Å². The maximum absolute atomic E-state index is 11.8. The number of esters is 1. The monoisotopic (exact) mass is 346 g/mol. The summed E-state index contributed by atoms with van der Waals surface area (Å²) in [7, 11) is 0. The molecule has 0 saturated heterocycles. The summed E-state index contributed by atoms with van der Waals surface area (Å²) in [4.78, 5) is 23.1. The first-order valence-corrected chi connectivity index (χ1v) is 5.84. The third-order valence-corrected chi connectivity index (χ3v) is 2.35. The molecule has 0 aromatic heterocycles. The molecule has 0 spiro atoms. The molecule has 0 aliphatic rings. The molecule has 0 amide bonds. The molecule has 0 saturated carbocycles. The lowest BCUT2D eigenvalue weighted by Gasteiger charge is -2.03. The van der Waals surface area contributed by atoms with Crippen LogP contribution in [0.15, 0.2) is 42.2 Å². The first-order valence-electron chi connectivity index (χ1n) is 4.95. The third-order valence-electron chi connectivity index (χ3n) is 1.88. The lowest BCUT2D eigenvalue weighted by Crippen LogP contribution is -2.09. The van der Waals surface area contributed by atoms with Crippen molar-refractivity contribution in [2.45, 2.75) is 6.92 Å². The summed E-state index contributed by atoms with van der Waals surface area (Å²) < 4.78 is 9.53. The Labute approximate surface area is 113 Å². The second-order valence-corrected chi connectivity index (χ2v) is 3.48. The zero-order chi connectivity index (χ0) is 12.7. The average Bonchev–Trinajstić information content (AvgIpc) is 2.37.